The molecule has 1 aromatic heterocycles. The molecule has 0 radical (unpaired) electrons. The minimum atomic E-state index is -3.72. The Bertz CT molecular complexity index is 1140. The number of hydrogen-bond donors (Lipinski definition) is 0. The predicted octanol–water partition coefficient (Wildman–Crippen LogP) is 2.88. The van der Waals surface area contributed by atoms with Crippen LogP contribution in [0.2, 0.25) is 0 Å². The van der Waals surface area contributed by atoms with Gasteiger partial charge in [-0.3, -0.25) is 0 Å². The third-order valence-corrected chi connectivity index (χ3v) is 7.12. The third-order valence-electron chi connectivity index (χ3n) is 5.20. The van der Waals surface area contributed by atoms with Crippen LogP contribution in [0.1, 0.15) is 12.8 Å². The molecule has 1 fully saturated rings. The summed E-state index contributed by atoms with van der Waals surface area (Å²) < 4.78 is 44.4. The topological polar surface area (TPSA) is 90.9 Å². The van der Waals surface area contributed by atoms with E-state index in [0.29, 0.717) is 43.3 Å². The van der Waals surface area contributed by atoms with Crippen molar-refractivity contribution in [2.45, 2.75) is 23.8 Å². The maximum absolute atomic E-state index is 13.2. The lowest BCUT2D eigenvalue weighted by Crippen LogP contribution is -2.41. The van der Waals surface area contributed by atoms with Crippen LogP contribution in [0.3, 0.4) is 0 Å². The van der Waals surface area contributed by atoms with Crippen molar-refractivity contribution in [2.75, 3.05) is 27.3 Å². The monoisotopic (exact) mass is 429 g/mol. The summed E-state index contributed by atoms with van der Waals surface area (Å²) in [6, 6.07) is 12.5. The predicted molar refractivity (Wildman–Crippen MR) is 111 cm³/mol. The van der Waals surface area contributed by atoms with Gasteiger partial charge in [0.1, 0.15) is 22.5 Å². The highest BCUT2D eigenvalue weighted by molar-refractivity contribution is 7.89. The molecule has 0 atom stereocenters. The molecule has 0 spiro atoms. The van der Waals surface area contributed by atoms with E-state index in [1.807, 2.05) is 24.3 Å². The summed E-state index contributed by atoms with van der Waals surface area (Å²) in [7, 11) is -0.776. The van der Waals surface area contributed by atoms with Gasteiger partial charge in [0.15, 0.2) is 0 Å². The van der Waals surface area contributed by atoms with E-state index in [2.05, 4.69) is 10.2 Å². The number of piperidine rings is 1. The van der Waals surface area contributed by atoms with Crippen LogP contribution >= 0.6 is 0 Å². The third kappa shape index (κ3) is 3.90. The molecule has 30 heavy (non-hydrogen) atoms. The minimum absolute atomic E-state index is 0.101. The molecule has 158 valence electrons. The molecular formula is C21H23N3O5S. The molecular weight excluding hydrogens is 406 g/mol. The van der Waals surface area contributed by atoms with E-state index in [-0.39, 0.29) is 11.0 Å². The Morgan fingerprint density at radius 2 is 1.80 bits per heavy atom. The Hall–Kier alpha value is -2.91. The van der Waals surface area contributed by atoms with Crippen molar-refractivity contribution in [1.29, 1.82) is 0 Å². The minimum Gasteiger partial charge on any atom is -0.497 e. The van der Waals surface area contributed by atoms with E-state index < -0.39 is 10.0 Å². The Morgan fingerprint density at radius 3 is 2.53 bits per heavy atom. The normalized spacial score (nSPS) is 15.8. The second-order valence-electron chi connectivity index (χ2n) is 6.98. The van der Waals surface area contributed by atoms with Gasteiger partial charge < -0.3 is 14.2 Å². The van der Waals surface area contributed by atoms with Gasteiger partial charge in [0.25, 0.3) is 0 Å². The van der Waals surface area contributed by atoms with Crippen LogP contribution in [0.4, 0.5) is 0 Å². The average molecular weight is 429 g/mol. The molecule has 8 nitrogen and oxygen atoms in total. The van der Waals surface area contributed by atoms with Gasteiger partial charge in [0.2, 0.25) is 15.9 Å². The van der Waals surface area contributed by atoms with E-state index in [4.69, 9.17) is 14.2 Å². The van der Waals surface area contributed by atoms with E-state index >= 15 is 0 Å². The van der Waals surface area contributed by atoms with Crippen molar-refractivity contribution >= 4 is 20.8 Å². The van der Waals surface area contributed by atoms with Crippen LogP contribution in [0.25, 0.3) is 10.8 Å². The number of aromatic nitrogens is 2. The molecule has 0 unspecified atom stereocenters. The number of ether oxygens (including phenoxy) is 3. The maximum atomic E-state index is 13.2. The lowest BCUT2D eigenvalue weighted by Gasteiger charge is -2.31. The van der Waals surface area contributed by atoms with Crippen LogP contribution in [0.5, 0.6) is 17.4 Å². The molecule has 0 amide bonds. The average Bonchev–Trinajstić information content (AvgIpc) is 2.79. The van der Waals surface area contributed by atoms with E-state index in [1.165, 1.54) is 24.6 Å². The molecule has 0 bridgehead atoms. The molecule has 0 aliphatic carbocycles. The van der Waals surface area contributed by atoms with Crippen molar-refractivity contribution in [3.8, 4) is 17.4 Å². The van der Waals surface area contributed by atoms with Gasteiger partial charge in [-0.1, -0.05) is 18.2 Å². The van der Waals surface area contributed by atoms with Crippen molar-refractivity contribution < 1.29 is 22.6 Å². The number of benzene rings is 2. The molecule has 0 saturated carbocycles. The van der Waals surface area contributed by atoms with E-state index in [1.54, 1.807) is 18.3 Å². The number of hydrogen-bond acceptors (Lipinski definition) is 7. The zero-order valence-corrected chi connectivity index (χ0v) is 17.6. The summed E-state index contributed by atoms with van der Waals surface area (Å²) in [6.07, 6.45) is 2.66. The number of sulfonamides is 1. The molecule has 1 saturated heterocycles. The van der Waals surface area contributed by atoms with Gasteiger partial charge in [0.05, 0.1) is 20.4 Å². The first-order valence-corrected chi connectivity index (χ1v) is 11.1. The quantitative estimate of drug-likeness (QED) is 0.595. The Labute approximate surface area is 175 Å². The Morgan fingerprint density at radius 1 is 1.03 bits per heavy atom. The summed E-state index contributed by atoms with van der Waals surface area (Å²) in [5.41, 5.74) is 0. The molecule has 2 heterocycles. The smallest absolute Gasteiger partial charge is 0.246 e. The molecule has 4 rings (SSSR count). The highest BCUT2D eigenvalue weighted by atomic mass is 32.2. The molecule has 3 aromatic rings. The molecule has 1 aliphatic heterocycles. The SMILES string of the molecule is COc1ccc(OC)c(S(=O)(=O)N2CCC(Oc3nncc4ccccc34)CC2)c1. The number of fused-ring (bicyclic) bond motifs is 1. The fourth-order valence-electron chi connectivity index (χ4n) is 3.56. The van der Waals surface area contributed by atoms with Gasteiger partial charge in [-0.05, 0) is 31.0 Å². The van der Waals surface area contributed by atoms with Crippen LogP contribution in [-0.4, -0.2) is 56.3 Å². The fraction of sp³-hybridized carbons (Fsp3) is 0.333. The van der Waals surface area contributed by atoms with Crippen LogP contribution in [-0.2, 0) is 10.0 Å². The van der Waals surface area contributed by atoms with Gasteiger partial charge in [-0.25, -0.2) is 8.42 Å². The van der Waals surface area contributed by atoms with Gasteiger partial charge >= 0.3 is 0 Å². The molecule has 9 heteroatoms. The highest BCUT2D eigenvalue weighted by Gasteiger charge is 2.33. The standard InChI is InChI=1S/C21H23N3O5S/c1-27-17-7-8-19(28-2)20(13-17)30(25,26)24-11-9-16(10-12-24)29-21-18-6-4-3-5-15(18)14-22-23-21/h3-8,13-14,16H,9-12H2,1-2H3. The van der Waals surface area contributed by atoms with Crippen molar-refractivity contribution in [3.63, 3.8) is 0 Å². The lowest BCUT2D eigenvalue weighted by molar-refractivity contribution is 0.130. The van der Waals surface area contributed by atoms with Crippen LogP contribution in [0.15, 0.2) is 53.6 Å². The first-order valence-electron chi connectivity index (χ1n) is 9.62. The summed E-state index contributed by atoms with van der Waals surface area (Å²) in [6.45, 7) is 0.678. The van der Waals surface area contributed by atoms with Gasteiger partial charge in [-0.15, -0.1) is 5.10 Å². The molecule has 2 aromatic carbocycles. The number of nitrogens with zero attached hydrogens (tertiary/aromatic N) is 3. The van der Waals surface area contributed by atoms with Crippen LogP contribution in [0, 0.1) is 0 Å². The van der Waals surface area contributed by atoms with E-state index in [9.17, 15) is 8.42 Å². The largest absolute Gasteiger partial charge is 0.497 e. The molecule has 0 N–H and O–H groups in total. The van der Waals surface area contributed by atoms with E-state index in [0.717, 1.165) is 10.8 Å². The number of rotatable bonds is 6. The maximum Gasteiger partial charge on any atom is 0.246 e. The summed E-state index contributed by atoms with van der Waals surface area (Å²) in [4.78, 5) is 0.101. The first-order chi connectivity index (χ1) is 14.5. The fourth-order valence-corrected chi connectivity index (χ4v) is 5.20. The van der Waals surface area contributed by atoms with Crippen molar-refractivity contribution in [3.05, 3.63) is 48.7 Å². The first kappa shape index (κ1) is 20.4. The van der Waals surface area contributed by atoms with Crippen molar-refractivity contribution in [1.82, 2.24) is 14.5 Å². The highest BCUT2D eigenvalue weighted by Crippen LogP contribution is 2.32. The lowest BCUT2D eigenvalue weighted by atomic mass is 10.1. The Kier molecular flexibility index (Phi) is 5.74. The second-order valence-corrected chi connectivity index (χ2v) is 8.88. The number of methoxy groups -OCH3 is 2. The molecule has 1 aliphatic rings. The summed E-state index contributed by atoms with van der Waals surface area (Å²) >= 11 is 0. The summed E-state index contributed by atoms with van der Waals surface area (Å²) in [5, 5.41) is 9.97. The zero-order chi connectivity index (χ0) is 21.1. The Balaban J connectivity index is 1.49. The van der Waals surface area contributed by atoms with Crippen LogP contribution < -0.4 is 14.2 Å². The second kappa shape index (κ2) is 8.45. The van der Waals surface area contributed by atoms with Gasteiger partial charge in [-0.2, -0.15) is 9.40 Å². The van der Waals surface area contributed by atoms with Crippen molar-refractivity contribution in [2.24, 2.45) is 0 Å². The zero-order valence-electron chi connectivity index (χ0n) is 16.8. The summed E-state index contributed by atoms with van der Waals surface area (Å²) in [5.74, 6) is 1.23. The van der Waals surface area contributed by atoms with Gasteiger partial charge in [0, 0.05) is 29.9 Å².